The topological polar surface area (TPSA) is 26.0 Å². The molecule has 0 amide bonds. The van der Waals surface area contributed by atoms with E-state index in [1.807, 2.05) is 0 Å². The Morgan fingerprint density at radius 1 is 1.08 bits per heavy atom. The maximum absolute atomic E-state index is 5.47. The zero-order valence-corrected chi connectivity index (χ0v) is 8.97. The lowest BCUT2D eigenvalue weighted by Gasteiger charge is -2.15. The van der Waals surface area contributed by atoms with Gasteiger partial charge in [0.15, 0.2) is 0 Å². The van der Waals surface area contributed by atoms with E-state index in [2.05, 4.69) is 20.8 Å². The molecule has 0 aliphatic carbocycles. The molecule has 1 heteroatoms. The van der Waals surface area contributed by atoms with E-state index in [1.54, 1.807) is 0 Å². The summed E-state index contributed by atoms with van der Waals surface area (Å²) in [5.41, 5.74) is 5.47. The fraction of sp³-hybridized carbons (Fsp3) is 1.00. The van der Waals surface area contributed by atoms with Crippen LogP contribution in [0.25, 0.3) is 0 Å². The van der Waals surface area contributed by atoms with Gasteiger partial charge in [-0.3, -0.25) is 0 Å². The Bertz CT molecular complexity index is 91.0. The molecule has 1 nitrogen and oxygen atoms in total. The van der Waals surface area contributed by atoms with Crippen molar-refractivity contribution in [3.63, 3.8) is 0 Å². The van der Waals surface area contributed by atoms with Crippen LogP contribution in [-0.4, -0.2) is 6.54 Å². The Kier molecular flexibility index (Phi) is 7.58. The SMILES string of the molecule is CCCC(C)CC(C)CCCN. The standard InChI is InChI=1S/C11H25N/c1-4-6-10(2)9-11(3)7-5-8-12/h10-11H,4-9,12H2,1-3H3. The van der Waals surface area contributed by atoms with E-state index < -0.39 is 0 Å². The molecular formula is C11H25N. The molecule has 0 aromatic rings. The molecule has 0 radical (unpaired) electrons. The van der Waals surface area contributed by atoms with Crippen molar-refractivity contribution in [2.75, 3.05) is 6.54 Å². The van der Waals surface area contributed by atoms with Gasteiger partial charge in [-0.05, 0) is 37.6 Å². The second kappa shape index (κ2) is 7.60. The molecule has 0 aromatic heterocycles. The first-order chi connectivity index (χ1) is 5.70. The van der Waals surface area contributed by atoms with E-state index in [0.717, 1.165) is 18.4 Å². The third kappa shape index (κ3) is 6.66. The summed E-state index contributed by atoms with van der Waals surface area (Å²) in [4.78, 5) is 0. The van der Waals surface area contributed by atoms with E-state index in [-0.39, 0.29) is 0 Å². The van der Waals surface area contributed by atoms with E-state index in [4.69, 9.17) is 5.73 Å². The molecule has 2 unspecified atom stereocenters. The second-order valence-electron chi connectivity index (χ2n) is 4.17. The predicted molar refractivity (Wildman–Crippen MR) is 56.1 cm³/mol. The van der Waals surface area contributed by atoms with Crippen molar-refractivity contribution in [1.29, 1.82) is 0 Å². The van der Waals surface area contributed by atoms with Crippen molar-refractivity contribution in [2.45, 2.75) is 52.9 Å². The third-order valence-corrected chi connectivity index (χ3v) is 2.49. The second-order valence-corrected chi connectivity index (χ2v) is 4.17. The maximum Gasteiger partial charge on any atom is -0.00772 e. The van der Waals surface area contributed by atoms with Gasteiger partial charge >= 0.3 is 0 Å². The van der Waals surface area contributed by atoms with Gasteiger partial charge in [-0.1, -0.05) is 33.6 Å². The van der Waals surface area contributed by atoms with Crippen LogP contribution in [0.15, 0.2) is 0 Å². The highest BCUT2D eigenvalue weighted by Crippen LogP contribution is 2.19. The van der Waals surface area contributed by atoms with Gasteiger partial charge in [0.05, 0.1) is 0 Å². The average Bonchev–Trinajstić information content (AvgIpc) is 2.01. The smallest absolute Gasteiger partial charge is 0.00772 e. The molecule has 0 aliphatic heterocycles. The van der Waals surface area contributed by atoms with Crippen LogP contribution >= 0.6 is 0 Å². The van der Waals surface area contributed by atoms with Crippen LogP contribution in [0, 0.1) is 11.8 Å². The molecule has 0 aromatic carbocycles. The minimum Gasteiger partial charge on any atom is -0.330 e. The summed E-state index contributed by atoms with van der Waals surface area (Å²) in [6.07, 6.45) is 6.59. The monoisotopic (exact) mass is 171 g/mol. The van der Waals surface area contributed by atoms with Crippen LogP contribution in [0.4, 0.5) is 0 Å². The Labute approximate surface area is 77.7 Å². The van der Waals surface area contributed by atoms with Crippen LogP contribution in [0.5, 0.6) is 0 Å². The normalized spacial score (nSPS) is 16.0. The summed E-state index contributed by atoms with van der Waals surface area (Å²) < 4.78 is 0. The van der Waals surface area contributed by atoms with Crippen LogP contribution in [0.3, 0.4) is 0 Å². The third-order valence-electron chi connectivity index (χ3n) is 2.49. The van der Waals surface area contributed by atoms with E-state index >= 15 is 0 Å². The summed E-state index contributed by atoms with van der Waals surface area (Å²) in [5.74, 6) is 1.78. The highest BCUT2D eigenvalue weighted by atomic mass is 14.5. The summed E-state index contributed by atoms with van der Waals surface area (Å²) >= 11 is 0. The molecule has 0 saturated heterocycles. The Hall–Kier alpha value is -0.0400. The van der Waals surface area contributed by atoms with E-state index in [0.29, 0.717) is 0 Å². The van der Waals surface area contributed by atoms with Crippen molar-refractivity contribution in [2.24, 2.45) is 17.6 Å². The number of hydrogen-bond acceptors (Lipinski definition) is 1. The number of rotatable bonds is 7. The molecule has 0 saturated carbocycles. The van der Waals surface area contributed by atoms with E-state index in [9.17, 15) is 0 Å². The van der Waals surface area contributed by atoms with Crippen LogP contribution < -0.4 is 5.73 Å². The van der Waals surface area contributed by atoms with Gasteiger partial charge in [-0.25, -0.2) is 0 Å². The summed E-state index contributed by atoms with van der Waals surface area (Å²) in [6.45, 7) is 7.83. The van der Waals surface area contributed by atoms with Gasteiger partial charge in [0.25, 0.3) is 0 Å². The van der Waals surface area contributed by atoms with Crippen LogP contribution in [0.1, 0.15) is 52.9 Å². The molecule has 0 aliphatic rings. The Balaban J connectivity index is 3.33. The molecular weight excluding hydrogens is 146 g/mol. The van der Waals surface area contributed by atoms with Gasteiger partial charge in [0.2, 0.25) is 0 Å². The molecule has 0 fully saturated rings. The molecule has 12 heavy (non-hydrogen) atoms. The predicted octanol–water partition coefficient (Wildman–Crippen LogP) is 3.19. The zero-order valence-electron chi connectivity index (χ0n) is 8.97. The molecule has 74 valence electrons. The largest absolute Gasteiger partial charge is 0.330 e. The van der Waals surface area contributed by atoms with Crippen molar-refractivity contribution in [3.8, 4) is 0 Å². The molecule has 0 spiro atoms. The molecule has 2 N–H and O–H groups in total. The van der Waals surface area contributed by atoms with E-state index in [1.165, 1.54) is 32.1 Å². The Morgan fingerprint density at radius 2 is 1.67 bits per heavy atom. The fourth-order valence-electron chi connectivity index (χ4n) is 1.88. The highest BCUT2D eigenvalue weighted by molar-refractivity contribution is 4.59. The summed E-state index contributed by atoms with van der Waals surface area (Å²) in [7, 11) is 0. The van der Waals surface area contributed by atoms with Crippen molar-refractivity contribution in [3.05, 3.63) is 0 Å². The zero-order chi connectivity index (χ0) is 9.40. The fourth-order valence-corrected chi connectivity index (χ4v) is 1.88. The number of hydrogen-bond donors (Lipinski definition) is 1. The van der Waals surface area contributed by atoms with Crippen molar-refractivity contribution < 1.29 is 0 Å². The highest BCUT2D eigenvalue weighted by Gasteiger charge is 2.06. The van der Waals surface area contributed by atoms with Crippen molar-refractivity contribution in [1.82, 2.24) is 0 Å². The summed E-state index contributed by atoms with van der Waals surface area (Å²) in [6, 6.07) is 0. The first-order valence-electron chi connectivity index (χ1n) is 5.40. The first kappa shape index (κ1) is 12.0. The molecule has 2 atom stereocenters. The lowest BCUT2D eigenvalue weighted by Crippen LogP contribution is -2.06. The molecule has 0 heterocycles. The lowest BCUT2D eigenvalue weighted by molar-refractivity contribution is 0.370. The van der Waals surface area contributed by atoms with Crippen LogP contribution in [-0.2, 0) is 0 Å². The minimum absolute atomic E-state index is 0.854. The molecule has 0 rings (SSSR count). The quantitative estimate of drug-likeness (QED) is 0.625. The number of nitrogens with two attached hydrogens (primary N) is 1. The van der Waals surface area contributed by atoms with Crippen LogP contribution in [0.2, 0.25) is 0 Å². The van der Waals surface area contributed by atoms with Crippen molar-refractivity contribution >= 4 is 0 Å². The Morgan fingerprint density at radius 3 is 2.17 bits per heavy atom. The average molecular weight is 171 g/mol. The van der Waals surface area contributed by atoms with Gasteiger partial charge in [-0.15, -0.1) is 0 Å². The van der Waals surface area contributed by atoms with Gasteiger partial charge in [0, 0.05) is 0 Å². The lowest BCUT2D eigenvalue weighted by atomic mass is 9.91. The molecule has 0 bridgehead atoms. The van der Waals surface area contributed by atoms with Gasteiger partial charge in [0.1, 0.15) is 0 Å². The van der Waals surface area contributed by atoms with Gasteiger partial charge < -0.3 is 5.73 Å². The summed E-state index contributed by atoms with van der Waals surface area (Å²) in [5, 5.41) is 0. The van der Waals surface area contributed by atoms with Gasteiger partial charge in [-0.2, -0.15) is 0 Å². The minimum atomic E-state index is 0.854. The maximum atomic E-state index is 5.47. The first-order valence-corrected chi connectivity index (χ1v) is 5.40.